The van der Waals surface area contributed by atoms with E-state index in [1.54, 1.807) is 12.4 Å². The molecule has 4 aromatic rings. The number of aromatic nitrogens is 4. The molecule has 0 fully saturated rings. The summed E-state index contributed by atoms with van der Waals surface area (Å²) in [5.74, 6) is 0. The minimum absolute atomic E-state index is 0.686. The molecule has 1 aromatic carbocycles. The Morgan fingerprint density at radius 2 is 1.88 bits per heavy atom. The first kappa shape index (κ1) is 8.64. The molecule has 3 aromatic heterocycles. The number of rotatable bonds is 0. The van der Waals surface area contributed by atoms with Gasteiger partial charge < -0.3 is 4.98 Å². The number of H-pyrrole nitrogens is 1. The molecule has 0 spiro atoms. The van der Waals surface area contributed by atoms with Crippen molar-refractivity contribution in [2.75, 3.05) is 0 Å². The molecular weight excluding hydrogens is 212 g/mol. The second-order valence-corrected chi connectivity index (χ2v) is 3.96. The predicted octanol–water partition coefficient (Wildman–Crippen LogP) is 2.66. The van der Waals surface area contributed by atoms with E-state index in [0.717, 1.165) is 21.9 Å². The van der Waals surface area contributed by atoms with Crippen LogP contribution in [0.5, 0.6) is 0 Å². The van der Waals surface area contributed by atoms with Crippen LogP contribution in [0, 0.1) is 0 Å². The van der Waals surface area contributed by atoms with Crippen molar-refractivity contribution in [3.63, 3.8) is 0 Å². The molecule has 4 nitrogen and oxygen atoms in total. The molecule has 4 rings (SSSR count). The molecule has 1 N–H and O–H groups in total. The minimum Gasteiger partial charge on any atom is -0.361 e. The monoisotopic (exact) mass is 220 g/mol. The van der Waals surface area contributed by atoms with Gasteiger partial charge in [0.2, 0.25) is 0 Å². The van der Waals surface area contributed by atoms with Crippen LogP contribution in [-0.4, -0.2) is 19.9 Å². The Bertz CT molecular complexity index is 848. The minimum atomic E-state index is 0.686. The normalized spacial score (nSPS) is 11.5. The number of pyridine rings is 1. The van der Waals surface area contributed by atoms with Gasteiger partial charge in [0.05, 0.1) is 11.0 Å². The van der Waals surface area contributed by atoms with Crippen LogP contribution >= 0.6 is 0 Å². The van der Waals surface area contributed by atoms with Crippen molar-refractivity contribution in [1.29, 1.82) is 0 Å². The van der Waals surface area contributed by atoms with Gasteiger partial charge in [-0.15, -0.1) is 0 Å². The van der Waals surface area contributed by atoms with Crippen molar-refractivity contribution in [1.82, 2.24) is 19.9 Å². The summed E-state index contributed by atoms with van der Waals surface area (Å²) < 4.78 is 0. The summed E-state index contributed by atoms with van der Waals surface area (Å²) in [7, 11) is 0. The lowest BCUT2D eigenvalue weighted by Crippen LogP contribution is -1.88. The van der Waals surface area contributed by atoms with E-state index >= 15 is 0 Å². The maximum Gasteiger partial charge on any atom is 0.178 e. The highest BCUT2D eigenvalue weighted by atomic mass is 14.9. The molecule has 0 aliphatic heterocycles. The van der Waals surface area contributed by atoms with Gasteiger partial charge in [-0.25, -0.2) is 9.97 Å². The molecule has 0 atom stereocenters. The van der Waals surface area contributed by atoms with Crippen LogP contribution in [0.25, 0.3) is 33.0 Å². The van der Waals surface area contributed by atoms with Crippen molar-refractivity contribution in [3.05, 3.63) is 42.9 Å². The Kier molecular flexibility index (Phi) is 1.53. The maximum absolute atomic E-state index is 4.51. The van der Waals surface area contributed by atoms with Gasteiger partial charge in [0.25, 0.3) is 0 Å². The SMILES string of the molecule is c1cnc2nc3ccc4cc[nH]c4c3cc2n1. The molecule has 80 valence electrons. The number of nitrogens with zero attached hydrogens (tertiary/aromatic N) is 3. The van der Waals surface area contributed by atoms with Crippen molar-refractivity contribution in [3.8, 4) is 0 Å². The topological polar surface area (TPSA) is 54.5 Å². The first-order valence-electron chi connectivity index (χ1n) is 5.39. The zero-order valence-corrected chi connectivity index (χ0v) is 8.88. The van der Waals surface area contributed by atoms with E-state index in [1.165, 1.54) is 5.39 Å². The Hall–Kier alpha value is -2.49. The zero-order valence-electron chi connectivity index (χ0n) is 8.88. The summed E-state index contributed by atoms with van der Waals surface area (Å²) in [5.41, 5.74) is 3.54. The quantitative estimate of drug-likeness (QED) is 0.463. The van der Waals surface area contributed by atoms with Gasteiger partial charge in [-0.05, 0) is 18.2 Å². The molecule has 0 aliphatic carbocycles. The fourth-order valence-corrected chi connectivity index (χ4v) is 2.16. The van der Waals surface area contributed by atoms with Gasteiger partial charge in [0, 0.05) is 29.4 Å². The molecule has 0 amide bonds. The molecule has 0 saturated carbocycles. The molecule has 0 aliphatic rings. The van der Waals surface area contributed by atoms with Gasteiger partial charge in [0.1, 0.15) is 5.52 Å². The van der Waals surface area contributed by atoms with E-state index < -0.39 is 0 Å². The van der Waals surface area contributed by atoms with Gasteiger partial charge in [-0.2, -0.15) is 0 Å². The Balaban J connectivity index is 2.29. The van der Waals surface area contributed by atoms with E-state index in [4.69, 9.17) is 0 Å². The fraction of sp³-hybridized carbons (Fsp3) is 0. The van der Waals surface area contributed by atoms with Gasteiger partial charge in [-0.3, -0.25) is 4.98 Å². The predicted molar refractivity (Wildman–Crippen MR) is 66.7 cm³/mol. The van der Waals surface area contributed by atoms with E-state index in [0.29, 0.717) is 5.65 Å². The molecule has 4 heteroatoms. The van der Waals surface area contributed by atoms with Crippen LogP contribution in [0.4, 0.5) is 0 Å². The number of fused-ring (bicyclic) bond motifs is 4. The first-order valence-corrected chi connectivity index (χ1v) is 5.39. The highest BCUT2D eigenvalue weighted by Gasteiger charge is 2.05. The molecule has 17 heavy (non-hydrogen) atoms. The zero-order chi connectivity index (χ0) is 11.2. The second-order valence-electron chi connectivity index (χ2n) is 3.96. The van der Waals surface area contributed by atoms with E-state index in [2.05, 4.69) is 32.1 Å². The average molecular weight is 220 g/mol. The highest BCUT2D eigenvalue weighted by Crippen LogP contribution is 2.24. The molecule has 0 radical (unpaired) electrons. The van der Waals surface area contributed by atoms with Crippen LogP contribution in [0.1, 0.15) is 0 Å². The van der Waals surface area contributed by atoms with Crippen LogP contribution in [0.15, 0.2) is 42.9 Å². The summed E-state index contributed by atoms with van der Waals surface area (Å²) >= 11 is 0. The molecule has 0 bridgehead atoms. The number of nitrogens with one attached hydrogen (secondary N) is 1. The van der Waals surface area contributed by atoms with Crippen LogP contribution in [-0.2, 0) is 0 Å². The standard InChI is InChI=1S/C13H8N4/c1-2-10-9(12-8(1)3-4-15-12)7-11-13(17-10)16-6-5-14-11/h1-7,15H. The summed E-state index contributed by atoms with van der Waals surface area (Å²) in [4.78, 5) is 16.3. The number of hydrogen-bond acceptors (Lipinski definition) is 3. The van der Waals surface area contributed by atoms with Crippen molar-refractivity contribution < 1.29 is 0 Å². The van der Waals surface area contributed by atoms with Gasteiger partial charge >= 0.3 is 0 Å². The summed E-state index contributed by atoms with van der Waals surface area (Å²) in [5, 5.41) is 2.27. The Morgan fingerprint density at radius 1 is 0.941 bits per heavy atom. The number of hydrogen-bond donors (Lipinski definition) is 1. The van der Waals surface area contributed by atoms with Crippen molar-refractivity contribution in [2.45, 2.75) is 0 Å². The third-order valence-electron chi connectivity index (χ3n) is 2.96. The molecule has 0 saturated heterocycles. The van der Waals surface area contributed by atoms with Crippen LogP contribution in [0.3, 0.4) is 0 Å². The van der Waals surface area contributed by atoms with E-state index in [9.17, 15) is 0 Å². The van der Waals surface area contributed by atoms with Crippen LogP contribution in [0.2, 0.25) is 0 Å². The molecule has 3 heterocycles. The van der Waals surface area contributed by atoms with E-state index in [-0.39, 0.29) is 0 Å². The lowest BCUT2D eigenvalue weighted by Gasteiger charge is -2.01. The molecule has 0 unspecified atom stereocenters. The van der Waals surface area contributed by atoms with Crippen molar-refractivity contribution in [2.24, 2.45) is 0 Å². The smallest absolute Gasteiger partial charge is 0.178 e. The summed E-state index contributed by atoms with van der Waals surface area (Å²) in [6.07, 6.45) is 5.28. The molecular formula is C13H8N4. The first-order chi connectivity index (χ1) is 8.42. The highest BCUT2D eigenvalue weighted by molar-refractivity contribution is 6.06. The van der Waals surface area contributed by atoms with Crippen LogP contribution < -0.4 is 0 Å². The van der Waals surface area contributed by atoms with Crippen molar-refractivity contribution >= 4 is 33.0 Å². The van der Waals surface area contributed by atoms with Gasteiger partial charge in [0.15, 0.2) is 5.65 Å². The fourth-order valence-electron chi connectivity index (χ4n) is 2.16. The Labute approximate surface area is 96.3 Å². The third-order valence-corrected chi connectivity index (χ3v) is 2.96. The summed E-state index contributed by atoms with van der Waals surface area (Å²) in [6, 6.07) is 8.15. The number of benzene rings is 1. The average Bonchev–Trinajstić information content (AvgIpc) is 2.85. The number of aromatic amines is 1. The lowest BCUT2D eigenvalue weighted by atomic mass is 10.1. The second kappa shape index (κ2) is 3.01. The largest absolute Gasteiger partial charge is 0.361 e. The van der Waals surface area contributed by atoms with E-state index in [1.807, 2.05) is 18.3 Å². The van der Waals surface area contributed by atoms with Gasteiger partial charge in [-0.1, -0.05) is 6.07 Å². The third kappa shape index (κ3) is 1.15. The Morgan fingerprint density at radius 3 is 2.88 bits per heavy atom. The lowest BCUT2D eigenvalue weighted by molar-refractivity contribution is 1.25. The maximum atomic E-state index is 4.51. The summed E-state index contributed by atoms with van der Waals surface area (Å²) in [6.45, 7) is 0.